The number of ketones is 1. The number of carbonyl (C=O) groups excluding carboxylic acids is 2. The number of carbonyl (C=O) groups is 2. The number of Topliss-reactive ketones (excluding diaryl/α,β-unsaturated/α-hetero) is 1. The van der Waals surface area contributed by atoms with Gasteiger partial charge in [0.25, 0.3) is 0 Å². The molecule has 1 amide bonds. The largest absolute Gasteiger partial charge is 0.355 e. The Morgan fingerprint density at radius 3 is 2.00 bits per heavy atom. The van der Waals surface area contributed by atoms with Gasteiger partial charge in [-0.1, -0.05) is 56.1 Å². The average Bonchev–Trinajstić information content (AvgIpc) is 3.21. The van der Waals surface area contributed by atoms with Crippen LogP contribution in [0.15, 0.2) is 57.5 Å². The topological polar surface area (TPSA) is 58.2 Å². The van der Waals surface area contributed by atoms with Crippen LogP contribution in [0.1, 0.15) is 24.0 Å². The maximum Gasteiger partial charge on any atom is 0.225 e. The van der Waals surface area contributed by atoms with Crippen LogP contribution >= 0.6 is 44.3 Å². The van der Waals surface area contributed by atoms with Gasteiger partial charge in [-0.15, -0.1) is 12.4 Å². The third-order valence-corrected chi connectivity index (χ3v) is 6.45. The molecular weight excluding hydrogens is 532 g/mol. The van der Waals surface area contributed by atoms with E-state index < -0.39 is 0 Å². The van der Waals surface area contributed by atoms with Crippen molar-refractivity contribution in [1.82, 2.24) is 10.6 Å². The molecule has 30 heavy (non-hydrogen) atoms. The van der Waals surface area contributed by atoms with Gasteiger partial charge in [0.05, 0.1) is 5.92 Å². The maximum absolute atomic E-state index is 12.7. The molecule has 1 fully saturated rings. The minimum atomic E-state index is -0.264. The van der Waals surface area contributed by atoms with E-state index in [1.807, 2.05) is 36.4 Å². The number of aryl methyl sites for hydroxylation is 1. The van der Waals surface area contributed by atoms with Gasteiger partial charge in [-0.3, -0.25) is 9.59 Å². The minimum absolute atomic E-state index is 0. The van der Waals surface area contributed by atoms with Crippen molar-refractivity contribution in [2.75, 3.05) is 19.6 Å². The number of benzene rings is 2. The fourth-order valence-electron chi connectivity index (χ4n) is 3.71. The second kappa shape index (κ2) is 12.6. The van der Waals surface area contributed by atoms with E-state index in [9.17, 15) is 9.59 Å². The first-order valence-electron chi connectivity index (χ1n) is 10.0. The van der Waals surface area contributed by atoms with E-state index in [1.54, 1.807) is 0 Å². The first-order valence-corrected chi connectivity index (χ1v) is 11.6. The Labute approximate surface area is 201 Å². The highest BCUT2D eigenvalue weighted by atomic mass is 79.9. The lowest BCUT2D eigenvalue weighted by Gasteiger charge is -2.17. The van der Waals surface area contributed by atoms with Gasteiger partial charge in [0.2, 0.25) is 5.91 Å². The Morgan fingerprint density at radius 1 is 0.867 bits per heavy atom. The van der Waals surface area contributed by atoms with Gasteiger partial charge in [0.1, 0.15) is 5.78 Å². The minimum Gasteiger partial charge on any atom is -0.355 e. The lowest BCUT2D eigenvalue weighted by Crippen LogP contribution is -2.38. The summed E-state index contributed by atoms with van der Waals surface area (Å²) in [5, 5.41) is 6.23. The van der Waals surface area contributed by atoms with Crippen molar-refractivity contribution < 1.29 is 9.59 Å². The lowest BCUT2D eigenvalue weighted by atomic mass is 9.88. The molecule has 162 valence electrons. The van der Waals surface area contributed by atoms with Crippen molar-refractivity contribution in [3.8, 4) is 0 Å². The van der Waals surface area contributed by atoms with E-state index in [2.05, 4.69) is 54.6 Å². The van der Waals surface area contributed by atoms with Gasteiger partial charge in [0.15, 0.2) is 0 Å². The molecule has 1 aliphatic rings. The van der Waals surface area contributed by atoms with Crippen molar-refractivity contribution >= 4 is 56.0 Å². The van der Waals surface area contributed by atoms with Gasteiger partial charge >= 0.3 is 0 Å². The molecule has 4 nitrogen and oxygen atoms in total. The number of rotatable bonds is 9. The second-order valence-electron chi connectivity index (χ2n) is 7.49. The van der Waals surface area contributed by atoms with Crippen LogP contribution < -0.4 is 10.6 Å². The average molecular weight is 559 g/mol. The molecule has 0 unspecified atom stereocenters. The zero-order chi connectivity index (χ0) is 20.6. The fourth-order valence-corrected chi connectivity index (χ4v) is 4.24. The number of amides is 1. The molecule has 7 heteroatoms. The smallest absolute Gasteiger partial charge is 0.225 e. The fraction of sp³-hybridized carbons (Fsp3) is 0.391. The third-order valence-electron chi connectivity index (χ3n) is 5.39. The highest BCUT2D eigenvalue weighted by Crippen LogP contribution is 2.21. The van der Waals surface area contributed by atoms with Crippen LogP contribution in [-0.4, -0.2) is 31.3 Å². The number of hydrogen-bond acceptors (Lipinski definition) is 3. The molecule has 1 saturated heterocycles. The Kier molecular flexibility index (Phi) is 10.5. The summed E-state index contributed by atoms with van der Waals surface area (Å²) < 4.78 is 2.10. The van der Waals surface area contributed by atoms with Gasteiger partial charge in [0, 0.05) is 40.9 Å². The van der Waals surface area contributed by atoms with E-state index in [4.69, 9.17) is 0 Å². The van der Waals surface area contributed by atoms with Gasteiger partial charge < -0.3 is 10.6 Å². The second-order valence-corrected chi connectivity index (χ2v) is 9.32. The molecule has 0 saturated carbocycles. The van der Waals surface area contributed by atoms with E-state index in [0.717, 1.165) is 28.2 Å². The normalized spacial score (nSPS) is 17.9. The Hall–Kier alpha value is -1.21. The summed E-state index contributed by atoms with van der Waals surface area (Å²) in [5.41, 5.74) is 2.41. The Bertz CT molecular complexity index is 759. The van der Waals surface area contributed by atoms with E-state index in [-0.39, 0.29) is 35.9 Å². The highest BCUT2D eigenvalue weighted by molar-refractivity contribution is 9.10. The summed E-state index contributed by atoms with van der Waals surface area (Å²) >= 11 is 6.86. The zero-order valence-electron chi connectivity index (χ0n) is 16.7. The summed E-state index contributed by atoms with van der Waals surface area (Å²) in [5.74, 6) is -0.300. The molecule has 1 heterocycles. The van der Waals surface area contributed by atoms with Crippen molar-refractivity contribution in [2.24, 2.45) is 11.8 Å². The molecule has 1 aliphatic heterocycles. The van der Waals surface area contributed by atoms with Gasteiger partial charge in [-0.05, 0) is 54.7 Å². The predicted molar refractivity (Wildman–Crippen MR) is 130 cm³/mol. The molecule has 2 aromatic rings. The van der Waals surface area contributed by atoms with Crippen LogP contribution in [0.3, 0.4) is 0 Å². The first-order chi connectivity index (χ1) is 14.0. The van der Waals surface area contributed by atoms with Crippen LogP contribution in [-0.2, 0) is 22.4 Å². The summed E-state index contributed by atoms with van der Waals surface area (Å²) in [7, 11) is 0. The van der Waals surface area contributed by atoms with Gasteiger partial charge in [-0.25, -0.2) is 0 Å². The van der Waals surface area contributed by atoms with E-state index in [1.165, 1.54) is 11.1 Å². The molecule has 3 rings (SSSR count). The summed E-state index contributed by atoms with van der Waals surface area (Å²) in [4.78, 5) is 25.3. The molecule has 2 atom stereocenters. The van der Waals surface area contributed by atoms with Crippen molar-refractivity contribution in [3.05, 3.63) is 68.6 Å². The monoisotopic (exact) mass is 556 g/mol. The van der Waals surface area contributed by atoms with E-state index >= 15 is 0 Å². The first kappa shape index (κ1) is 25.1. The standard InChI is InChI=1S/C23H26Br2N2O2.ClH/c24-18-8-4-16(5-9-18)2-1-3-22(28)20-14-26-15-21(20)23(29)27-13-12-17-6-10-19(25)11-7-17;/h4-11,20-21,26H,1-3,12-15H2,(H,27,29);1H/t20-,21-;/m1./s1. The zero-order valence-corrected chi connectivity index (χ0v) is 20.7. The molecule has 0 aromatic heterocycles. The molecule has 0 aliphatic carbocycles. The molecule has 2 aromatic carbocycles. The summed E-state index contributed by atoms with van der Waals surface area (Å²) in [6.07, 6.45) is 2.99. The van der Waals surface area contributed by atoms with Crippen LogP contribution in [0.5, 0.6) is 0 Å². The highest BCUT2D eigenvalue weighted by Gasteiger charge is 2.36. The van der Waals surface area contributed by atoms with E-state index in [0.29, 0.717) is 26.1 Å². The molecule has 0 radical (unpaired) electrons. The number of halogens is 3. The molecular formula is C23H27Br2ClN2O2. The summed E-state index contributed by atoms with van der Waals surface area (Å²) in [6.45, 7) is 1.76. The molecule has 0 bridgehead atoms. The SMILES string of the molecule is Cl.O=C(CCCc1ccc(Br)cc1)[C@@H]1CNC[C@H]1C(=O)NCCc1ccc(Br)cc1. The molecule has 0 spiro atoms. The Balaban J connectivity index is 0.00000320. The van der Waals surface area contributed by atoms with Crippen LogP contribution in [0.2, 0.25) is 0 Å². The van der Waals surface area contributed by atoms with Crippen molar-refractivity contribution in [3.63, 3.8) is 0 Å². The van der Waals surface area contributed by atoms with Crippen molar-refractivity contribution in [2.45, 2.75) is 25.7 Å². The third kappa shape index (κ3) is 7.49. The van der Waals surface area contributed by atoms with Crippen LogP contribution in [0.4, 0.5) is 0 Å². The lowest BCUT2D eigenvalue weighted by molar-refractivity contribution is -0.131. The Morgan fingerprint density at radius 2 is 1.40 bits per heavy atom. The van der Waals surface area contributed by atoms with Crippen molar-refractivity contribution in [1.29, 1.82) is 0 Å². The van der Waals surface area contributed by atoms with Gasteiger partial charge in [-0.2, -0.15) is 0 Å². The quantitative estimate of drug-likeness (QED) is 0.469. The summed E-state index contributed by atoms with van der Waals surface area (Å²) in [6, 6.07) is 16.3. The van der Waals surface area contributed by atoms with Crippen LogP contribution in [0.25, 0.3) is 0 Å². The van der Waals surface area contributed by atoms with Crippen LogP contribution in [0, 0.1) is 11.8 Å². The molecule has 2 N–H and O–H groups in total. The number of hydrogen-bond donors (Lipinski definition) is 2. The predicted octanol–water partition coefficient (Wildman–Crippen LogP) is 4.72. The maximum atomic E-state index is 12.7. The number of nitrogens with one attached hydrogen (secondary N) is 2.